The second-order valence-electron chi connectivity index (χ2n) is 13.0. The van der Waals surface area contributed by atoms with Gasteiger partial charge in [0.05, 0.1) is 13.0 Å². The molecule has 234 valence electrons. The van der Waals surface area contributed by atoms with Crippen LogP contribution in [0.5, 0.6) is 5.75 Å². The number of carbonyl (C=O) groups is 2. The maximum atomic E-state index is 12.9. The second kappa shape index (κ2) is 12.1. The first kappa shape index (κ1) is 30.4. The first-order chi connectivity index (χ1) is 21.6. The first-order valence-corrected chi connectivity index (χ1v) is 15.7. The molecule has 45 heavy (non-hydrogen) atoms. The van der Waals surface area contributed by atoms with E-state index in [4.69, 9.17) is 19.9 Å². The molecule has 1 fully saturated rings. The molecule has 0 saturated carbocycles. The lowest BCUT2D eigenvalue weighted by Crippen LogP contribution is -2.46. The summed E-state index contributed by atoms with van der Waals surface area (Å²) in [4.78, 5) is 31.4. The third-order valence-corrected chi connectivity index (χ3v) is 8.95. The summed E-state index contributed by atoms with van der Waals surface area (Å²) in [6.07, 6.45) is 3.76. The number of aromatic nitrogens is 1. The van der Waals surface area contributed by atoms with E-state index in [1.165, 1.54) is 5.56 Å². The number of para-hydroxylation sites is 1. The largest absolute Gasteiger partial charge is 0.485 e. The van der Waals surface area contributed by atoms with Crippen LogP contribution in [-0.2, 0) is 26.1 Å². The Morgan fingerprint density at radius 2 is 1.78 bits per heavy atom. The third kappa shape index (κ3) is 6.19. The lowest BCUT2D eigenvalue weighted by Gasteiger charge is -2.40. The van der Waals surface area contributed by atoms with Gasteiger partial charge >= 0.3 is 12.1 Å². The number of nitrogens with zero attached hydrogens (tertiary/aromatic N) is 2. The molecule has 0 radical (unpaired) electrons. The van der Waals surface area contributed by atoms with Gasteiger partial charge in [0.2, 0.25) is 0 Å². The van der Waals surface area contributed by atoms with Gasteiger partial charge in [0.15, 0.2) is 0 Å². The highest BCUT2D eigenvalue weighted by molar-refractivity contribution is 6.01. The summed E-state index contributed by atoms with van der Waals surface area (Å²) in [5, 5.41) is 1.96. The molecule has 8 heteroatoms. The molecule has 1 aliphatic heterocycles. The number of hydrogen-bond donors (Lipinski definition) is 1. The summed E-state index contributed by atoms with van der Waals surface area (Å²) in [7, 11) is 0. The molecule has 1 amide bonds. The Morgan fingerprint density at radius 1 is 1.00 bits per heavy atom. The topological polar surface area (TPSA) is 104 Å². The molecule has 1 saturated heterocycles. The van der Waals surface area contributed by atoms with Gasteiger partial charge in [-0.15, -0.1) is 0 Å². The molecule has 6 rings (SSSR count). The molecule has 4 aromatic rings. The van der Waals surface area contributed by atoms with E-state index in [1.54, 1.807) is 6.20 Å². The molecule has 8 nitrogen and oxygen atoms in total. The van der Waals surface area contributed by atoms with Crippen molar-refractivity contribution in [2.75, 3.05) is 25.4 Å². The molecule has 1 spiro atoms. The number of rotatable bonds is 6. The number of piperidine rings is 1. The van der Waals surface area contributed by atoms with Gasteiger partial charge in [-0.1, -0.05) is 48.5 Å². The SMILES string of the molecule is CCOC(=O)Cc1ccccc1O[C@H]1CC2(CCN(C(=O)OC(C)(C)C)CC2)c2ccc(-c3cccc4c(N)nccc34)cc21. The number of hydrogen-bond acceptors (Lipinski definition) is 7. The number of ether oxygens (including phenoxy) is 3. The minimum atomic E-state index is -0.541. The van der Waals surface area contributed by atoms with Crippen molar-refractivity contribution in [2.24, 2.45) is 0 Å². The lowest BCUT2D eigenvalue weighted by atomic mass is 9.73. The standard InChI is InChI=1S/C37H41N3O5/c1-5-43-33(41)22-25-9-6-7-12-31(25)44-32-23-37(16-19-40(20-17-37)35(42)45-36(2,3)4)30-14-13-24(21-29(30)32)26-10-8-11-28-27(26)15-18-39-34(28)38/h6-15,18,21,32H,5,16-17,19-20,22-23H2,1-4H3,(H2,38,39)/t32-/m0/s1. The number of nitrogens with two attached hydrogens (primary N) is 1. The Labute approximate surface area is 264 Å². The minimum Gasteiger partial charge on any atom is -0.485 e. The number of anilines is 1. The van der Waals surface area contributed by atoms with Gasteiger partial charge in [0, 0.05) is 35.7 Å². The van der Waals surface area contributed by atoms with Crippen LogP contribution in [0.15, 0.2) is 72.9 Å². The quantitative estimate of drug-likeness (QED) is 0.228. The summed E-state index contributed by atoms with van der Waals surface area (Å²) in [6, 6.07) is 22.5. The molecule has 2 aliphatic rings. The zero-order valence-corrected chi connectivity index (χ0v) is 26.5. The molecule has 2 N–H and O–H groups in total. The number of benzene rings is 3. The second-order valence-corrected chi connectivity index (χ2v) is 13.0. The predicted octanol–water partition coefficient (Wildman–Crippen LogP) is 7.38. The van der Waals surface area contributed by atoms with Crippen LogP contribution in [0.3, 0.4) is 0 Å². The van der Waals surface area contributed by atoms with E-state index < -0.39 is 5.60 Å². The van der Waals surface area contributed by atoms with Gasteiger partial charge in [-0.3, -0.25) is 4.79 Å². The number of likely N-dealkylation sites (tertiary alicyclic amines) is 1. The van der Waals surface area contributed by atoms with Crippen molar-refractivity contribution in [1.29, 1.82) is 0 Å². The molecule has 0 unspecified atom stereocenters. The molecule has 1 atom stereocenters. The number of fused-ring (bicyclic) bond motifs is 3. The van der Waals surface area contributed by atoms with Gasteiger partial charge in [-0.25, -0.2) is 9.78 Å². The first-order valence-electron chi connectivity index (χ1n) is 15.7. The fourth-order valence-electron chi connectivity index (χ4n) is 6.84. The normalized spacial score (nSPS) is 17.2. The van der Waals surface area contributed by atoms with E-state index in [2.05, 4.69) is 29.2 Å². The van der Waals surface area contributed by atoms with Gasteiger partial charge in [-0.2, -0.15) is 0 Å². The fourth-order valence-corrected chi connectivity index (χ4v) is 6.84. The predicted molar refractivity (Wildman–Crippen MR) is 175 cm³/mol. The van der Waals surface area contributed by atoms with Gasteiger partial charge in [0.25, 0.3) is 0 Å². The highest BCUT2D eigenvalue weighted by Crippen LogP contribution is 2.53. The van der Waals surface area contributed by atoms with Crippen molar-refractivity contribution in [3.8, 4) is 16.9 Å². The van der Waals surface area contributed by atoms with Crippen molar-refractivity contribution in [3.63, 3.8) is 0 Å². The van der Waals surface area contributed by atoms with Crippen molar-refractivity contribution in [2.45, 2.75) is 70.5 Å². The molecular weight excluding hydrogens is 566 g/mol. The summed E-state index contributed by atoms with van der Waals surface area (Å²) >= 11 is 0. The van der Waals surface area contributed by atoms with E-state index in [0.29, 0.717) is 31.3 Å². The fraction of sp³-hybridized carbons (Fsp3) is 0.378. The van der Waals surface area contributed by atoms with E-state index in [-0.39, 0.29) is 30.0 Å². The third-order valence-electron chi connectivity index (χ3n) is 8.95. The highest BCUT2D eigenvalue weighted by Gasteiger charge is 2.47. The van der Waals surface area contributed by atoms with E-state index in [0.717, 1.165) is 52.3 Å². The number of nitrogen functional groups attached to an aromatic ring is 1. The maximum absolute atomic E-state index is 12.9. The minimum absolute atomic E-state index is 0.144. The Bertz CT molecular complexity index is 1740. The Hall–Kier alpha value is -4.59. The summed E-state index contributed by atoms with van der Waals surface area (Å²) < 4.78 is 17.7. The van der Waals surface area contributed by atoms with Crippen molar-refractivity contribution in [3.05, 3.63) is 89.6 Å². The van der Waals surface area contributed by atoms with Crippen molar-refractivity contribution in [1.82, 2.24) is 9.88 Å². The highest BCUT2D eigenvalue weighted by atomic mass is 16.6. The summed E-state index contributed by atoms with van der Waals surface area (Å²) in [6.45, 7) is 9.04. The number of carbonyl (C=O) groups excluding carboxylic acids is 2. The Morgan fingerprint density at radius 3 is 2.53 bits per heavy atom. The molecule has 2 heterocycles. The van der Waals surface area contributed by atoms with Gasteiger partial charge in [-0.05, 0) is 92.8 Å². The van der Waals surface area contributed by atoms with E-state index >= 15 is 0 Å². The van der Waals surface area contributed by atoms with Gasteiger partial charge in [0.1, 0.15) is 23.3 Å². The smallest absolute Gasteiger partial charge is 0.410 e. The zero-order chi connectivity index (χ0) is 31.8. The van der Waals surface area contributed by atoms with E-state index in [9.17, 15) is 9.59 Å². The summed E-state index contributed by atoms with van der Waals surface area (Å²) in [5.74, 6) is 0.906. The van der Waals surface area contributed by atoms with Crippen LogP contribution >= 0.6 is 0 Å². The maximum Gasteiger partial charge on any atom is 0.410 e. The van der Waals surface area contributed by atoms with Crippen molar-refractivity contribution < 1.29 is 23.8 Å². The van der Waals surface area contributed by atoms with Crippen LogP contribution < -0.4 is 10.5 Å². The van der Waals surface area contributed by atoms with Crippen LogP contribution in [0.25, 0.3) is 21.9 Å². The molecule has 0 bridgehead atoms. The van der Waals surface area contributed by atoms with Gasteiger partial charge < -0.3 is 24.8 Å². The number of pyridine rings is 1. The number of amides is 1. The Kier molecular flexibility index (Phi) is 8.16. The number of esters is 1. The average molecular weight is 608 g/mol. The van der Waals surface area contributed by atoms with Crippen LogP contribution in [0, 0.1) is 0 Å². The monoisotopic (exact) mass is 607 g/mol. The van der Waals surface area contributed by atoms with Crippen molar-refractivity contribution >= 4 is 28.7 Å². The summed E-state index contributed by atoms with van der Waals surface area (Å²) in [5.41, 5.74) is 10.9. The van der Waals surface area contributed by atoms with Crippen LogP contribution in [0.2, 0.25) is 0 Å². The molecule has 1 aromatic heterocycles. The van der Waals surface area contributed by atoms with Crippen LogP contribution in [0.4, 0.5) is 10.6 Å². The zero-order valence-electron chi connectivity index (χ0n) is 26.5. The average Bonchev–Trinajstić information content (AvgIpc) is 3.29. The molecular formula is C37H41N3O5. The molecule has 1 aliphatic carbocycles. The molecule has 3 aromatic carbocycles. The van der Waals surface area contributed by atoms with Crippen LogP contribution in [-0.4, -0.2) is 47.2 Å². The van der Waals surface area contributed by atoms with E-state index in [1.807, 2.05) is 75.1 Å². The lowest BCUT2D eigenvalue weighted by molar-refractivity contribution is -0.142. The Balaban J connectivity index is 1.37. The van der Waals surface area contributed by atoms with Crippen LogP contribution in [0.1, 0.15) is 69.8 Å².